The number of nitrogens with one attached hydrogen (secondary N) is 1. The third-order valence-corrected chi connectivity index (χ3v) is 4.98. The second-order valence-electron chi connectivity index (χ2n) is 6.07. The van der Waals surface area contributed by atoms with Crippen LogP contribution < -0.4 is 14.8 Å². The van der Waals surface area contributed by atoms with Gasteiger partial charge in [0.05, 0.1) is 9.90 Å². The fraction of sp³-hybridized carbons (Fsp3) is 0.143. The summed E-state index contributed by atoms with van der Waals surface area (Å²) >= 11 is 7.45. The lowest BCUT2D eigenvalue weighted by Crippen LogP contribution is -2.28. The van der Waals surface area contributed by atoms with E-state index in [2.05, 4.69) is 5.32 Å². The molecule has 5 nitrogen and oxygen atoms in total. The van der Waals surface area contributed by atoms with E-state index in [1.807, 2.05) is 24.4 Å². The van der Waals surface area contributed by atoms with Crippen molar-refractivity contribution in [1.82, 2.24) is 0 Å². The predicted octanol–water partition coefficient (Wildman–Crippen LogP) is 5.34. The molecule has 0 spiro atoms. The Morgan fingerprint density at radius 2 is 1.86 bits per heavy atom. The largest absolute Gasteiger partial charge is 0.477 e. The number of carbonyl (C=O) groups excluding carboxylic acids is 2. The zero-order chi connectivity index (χ0) is 20.1. The molecule has 1 unspecified atom stereocenters. The van der Waals surface area contributed by atoms with E-state index >= 15 is 0 Å². The number of halogens is 1. The summed E-state index contributed by atoms with van der Waals surface area (Å²) in [6.45, 7) is 3.50. The Balaban J connectivity index is 1.57. The van der Waals surface area contributed by atoms with Gasteiger partial charge in [-0.15, -0.1) is 11.3 Å². The molecule has 1 aromatic heterocycles. The number of ether oxygens (including phenoxy) is 2. The van der Waals surface area contributed by atoms with Crippen LogP contribution >= 0.6 is 22.9 Å². The van der Waals surface area contributed by atoms with Gasteiger partial charge in [0.2, 0.25) is 0 Å². The van der Waals surface area contributed by atoms with Crippen LogP contribution in [0.5, 0.6) is 11.5 Å². The van der Waals surface area contributed by atoms with E-state index in [1.54, 1.807) is 49.4 Å². The standard InChI is InChI=1S/C21H18ClNO4S/c1-13-5-10-17(22)18(12-13)26-14(2)21(25)27-16-8-6-15(7-9-16)23-20(24)19-4-3-11-28-19/h3-12,14H,1-2H3,(H,23,24). The second-order valence-corrected chi connectivity index (χ2v) is 7.43. The average Bonchev–Trinajstić information content (AvgIpc) is 3.21. The maximum absolute atomic E-state index is 12.3. The topological polar surface area (TPSA) is 64.6 Å². The van der Waals surface area contributed by atoms with E-state index < -0.39 is 12.1 Å². The molecule has 0 bridgehead atoms. The molecular formula is C21H18ClNO4S. The number of thiophene rings is 1. The van der Waals surface area contributed by atoms with Gasteiger partial charge in [0.25, 0.3) is 5.91 Å². The average molecular weight is 416 g/mol. The molecule has 2 aromatic carbocycles. The van der Waals surface area contributed by atoms with E-state index in [0.717, 1.165) is 5.56 Å². The van der Waals surface area contributed by atoms with Crippen molar-refractivity contribution in [2.24, 2.45) is 0 Å². The highest BCUT2D eigenvalue weighted by Gasteiger charge is 2.19. The number of esters is 1. The van der Waals surface area contributed by atoms with Gasteiger partial charge in [-0.05, 0) is 67.3 Å². The van der Waals surface area contributed by atoms with Crippen molar-refractivity contribution in [1.29, 1.82) is 0 Å². The van der Waals surface area contributed by atoms with Crippen LogP contribution in [0.2, 0.25) is 5.02 Å². The Morgan fingerprint density at radius 1 is 1.11 bits per heavy atom. The van der Waals surface area contributed by atoms with Crippen LogP contribution in [0, 0.1) is 6.92 Å². The van der Waals surface area contributed by atoms with Crippen molar-refractivity contribution in [3.63, 3.8) is 0 Å². The van der Waals surface area contributed by atoms with Crippen molar-refractivity contribution >= 4 is 40.5 Å². The first kappa shape index (κ1) is 19.9. The fourth-order valence-electron chi connectivity index (χ4n) is 2.35. The smallest absolute Gasteiger partial charge is 0.352 e. The molecule has 0 aliphatic rings. The molecule has 1 N–H and O–H groups in total. The predicted molar refractivity (Wildman–Crippen MR) is 111 cm³/mol. The SMILES string of the molecule is Cc1ccc(Cl)c(OC(C)C(=O)Oc2ccc(NC(=O)c3cccs3)cc2)c1. The Bertz CT molecular complexity index is 971. The Labute approximate surface area is 171 Å². The first-order chi connectivity index (χ1) is 13.4. The first-order valence-corrected chi connectivity index (χ1v) is 9.77. The molecule has 28 heavy (non-hydrogen) atoms. The van der Waals surface area contributed by atoms with Gasteiger partial charge in [-0.3, -0.25) is 4.79 Å². The second kappa shape index (κ2) is 8.91. The molecule has 0 saturated carbocycles. The normalized spacial score (nSPS) is 11.5. The highest BCUT2D eigenvalue weighted by molar-refractivity contribution is 7.12. The number of rotatable bonds is 6. The summed E-state index contributed by atoms with van der Waals surface area (Å²) in [5.74, 6) is 0.0485. The molecule has 3 aromatic rings. The van der Waals surface area contributed by atoms with Crippen LogP contribution in [-0.2, 0) is 4.79 Å². The summed E-state index contributed by atoms with van der Waals surface area (Å²) in [7, 11) is 0. The van der Waals surface area contributed by atoms with Crippen molar-refractivity contribution in [3.8, 4) is 11.5 Å². The van der Waals surface area contributed by atoms with Crippen molar-refractivity contribution in [3.05, 3.63) is 75.4 Å². The molecule has 0 fully saturated rings. The van der Waals surface area contributed by atoms with Crippen molar-refractivity contribution < 1.29 is 19.1 Å². The van der Waals surface area contributed by atoms with Crippen LogP contribution in [0.15, 0.2) is 60.0 Å². The Hall–Kier alpha value is -2.83. The molecule has 7 heteroatoms. The third-order valence-electron chi connectivity index (χ3n) is 3.80. The van der Waals surface area contributed by atoms with Gasteiger partial charge in [-0.1, -0.05) is 23.7 Å². The fourth-order valence-corrected chi connectivity index (χ4v) is 3.13. The van der Waals surface area contributed by atoms with E-state index in [9.17, 15) is 9.59 Å². The van der Waals surface area contributed by atoms with Crippen molar-refractivity contribution in [2.45, 2.75) is 20.0 Å². The molecule has 0 saturated heterocycles. The van der Waals surface area contributed by atoms with E-state index in [4.69, 9.17) is 21.1 Å². The number of amides is 1. The number of aryl methyl sites for hydroxylation is 1. The lowest BCUT2D eigenvalue weighted by Gasteiger charge is -2.15. The maximum Gasteiger partial charge on any atom is 0.352 e. The number of benzene rings is 2. The summed E-state index contributed by atoms with van der Waals surface area (Å²) in [4.78, 5) is 24.9. The molecule has 0 radical (unpaired) electrons. The lowest BCUT2D eigenvalue weighted by atomic mass is 10.2. The van der Waals surface area contributed by atoms with Gasteiger partial charge in [0.1, 0.15) is 11.5 Å². The summed E-state index contributed by atoms with van der Waals surface area (Å²) in [6, 6.07) is 15.4. The van der Waals surface area contributed by atoms with Crippen molar-refractivity contribution in [2.75, 3.05) is 5.32 Å². The molecule has 0 aliphatic carbocycles. The van der Waals surface area contributed by atoms with Gasteiger partial charge in [-0.2, -0.15) is 0 Å². The monoisotopic (exact) mass is 415 g/mol. The molecule has 1 amide bonds. The molecule has 0 aliphatic heterocycles. The van der Waals surface area contributed by atoms with Gasteiger partial charge in [-0.25, -0.2) is 4.79 Å². The minimum Gasteiger partial charge on any atom is -0.477 e. The van der Waals surface area contributed by atoms with Crippen LogP contribution in [0.4, 0.5) is 5.69 Å². The van der Waals surface area contributed by atoms with E-state index in [-0.39, 0.29) is 5.91 Å². The lowest BCUT2D eigenvalue weighted by molar-refractivity contribution is -0.141. The molecule has 144 valence electrons. The van der Waals surface area contributed by atoms with E-state index in [0.29, 0.717) is 27.1 Å². The zero-order valence-corrected chi connectivity index (χ0v) is 16.8. The summed E-state index contributed by atoms with van der Waals surface area (Å²) in [5, 5.41) is 5.05. The van der Waals surface area contributed by atoms with Crippen LogP contribution in [0.25, 0.3) is 0 Å². The van der Waals surface area contributed by atoms with Gasteiger partial charge in [0, 0.05) is 5.69 Å². The minimum atomic E-state index is -0.836. The van der Waals surface area contributed by atoms with Gasteiger partial charge < -0.3 is 14.8 Å². The van der Waals surface area contributed by atoms with Crippen LogP contribution in [-0.4, -0.2) is 18.0 Å². The summed E-state index contributed by atoms with van der Waals surface area (Å²) in [5.41, 5.74) is 1.58. The zero-order valence-electron chi connectivity index (χ0n) is 15.3. The highest BCUT2D eigenvalue weighted by Crippen LogP contribution is 2.26. The van der Waals surface area contributed by atoms with Gasteiger partial charge >= 0.3 is 5.97 Å². The Kier molecular flexibility index (Phi) is 6.34. The highest BCUT2D eigenvalue weighted by atomic mass is 35.5. The minimum absolute atomic E-state index is 0.184. The summed E-state index contributed by atoms with van der Waals surface area (Å²) in [6.07, 6.45) is -0.836. The molecule has 3 rings (SSSR count). The molecule has 1 atom stereocenters. The maximum atomic E-state index is 12.3. The summed E-state index contributed by atoms with van der Waals surface area (Å²) < 4.78 is 10.9. The quantitative estimate of drug-likeness (QED) is 0.436. The molecular weight excluding hydrogens is 398 g/mol. The molecule has 1 heterocycles. The number of anilines is 1. The third kappa shape index (κ3) is 5.12. The number of hydrogen-bond donors (Lipinski definition) is 1. The Morgan fingerprint density at radius 3 is 2.54 bits per heavy atom. The first-order valence-electron chi connectivity index (χ1n) is 8.52. The van der Waals surface area contributed by atoms with Gasteiger partial charge in [0.15, 0.2) is 6.10 Å². The number of carbonyl (C=O) groups is 2. The number of hydrogen-bond acceptors (Lipinski definition) is 5. The van der Waals surface area contributed by atoms with Crippen LogP contribution in [0.1, 0.15) is 22.2 Å². The van der Waals surface area contributed by atoms with E-state index in [1.165, 1.54) is 11.3 Å². The van der Waals surface area contributed by atoms with Crippen LogP contribution in [0.3, 0.4) is 0 Å².